The molecule has 0 saturated heterocycles. The summed E-state index contributed by atoms with van der Waals surface area (Å²) in [4.78, 5) is 0. The molecule has 0 aliphatic heterocycles. The van der Waals surface area contributed by atoms with Crippen LogP contribution in [0.4, 0.5) is 8.78 Å². The molecule has 2 aromatic rings. The Hall–Kier alpha value is -1.74. The largest absolute Gasteiger partial charge is 0.330 e. The Labute approximate surface area is 111 Å². The van der Waals surface area contributed by atoms with Crippen molar-refractivity contribution in [3.63, 3.8) is 0 Å². The number of halogens is 2. The smallest absolute Gasteiger partial charge is 0.131 e. The topological polar surface area (TPSA) is 26.0 Å². The van der Waals surface area contributed by atoms with Crippen LogP contribution in [0.1, 0.15) is 18.4 Å². The van der Waals surface area contributed by atoms with Crippen LogP contribution < -0.4 is 5.73 Å². The summed E-state index contributed by atoms with van der Waals surface area (Å²) in [6, 6.07) is 11.2. The molecule has 2 N–H and O–H groups in total. The summed E-state index contributed by atoms with van der Waals surface area (Å²) in [6.07, 6.45) is 2.04. The molecule has 3 heteroatoms. The van der Waals surface area contributed by atoms with Crippen LogP contribution in [0.25, 0.3) is 11.1 Å². The molecule has 1 aliphatic carbocycles. The zero-order valence-corrected chi connectivity index (χ0v) is 10.5. The maximum absolute atomic E-state index is 13.9. The fourth-order valence-electron chi connectivity index (χ4n) is 2.50. The Balaban J connectivity index is 2.12. The average molecular weight is 259 g/mol. The third-order valence-electron chi connectivity index (χ3n) is 3.99. The van der Waals surface area contributed by atoms with Gasteiger partial charge in [0.15, 0.2) is 0 Å². The van der Waals surface area contributed by atoms with Crippen LogP contribution in [0.5, 0.6) is 0 Å². The predicted molar refractivity (Wildman–Crippen MR) is 71.8 cm³/mol. The van der Waals surface area contributed by atoms with E-state index in [9.17, 15) is 8.78 Å². The Morgan fingerprint density at radius 1 is 0.947 bits per heavy atom. The second kappa shape index (κ2) is 4.42. The SMILES string of the molecule is NCC1(c2ccc(F)c(-c3ccccc3F)c2)CC1. The van der Waals surface area contributed by atoms with Crippen LogP contribution in [0, 0.1) is 11.6 Å². The van der Waals surface area contributed by atoms with E-state index < -0.39 is 11.6 Å². The van der Waals surface area contributed by atoms with E-state index in [1.54, 1.807) is 30.3 Å². The molecule has 0 radical (unpaired) electrons. The summed E-state index contributed by atoms with van der Waals surface area (Å²) < 4.78 is 27.7. The predicted octanol–water partition coefficient (Wildman–Crippen LogP) is 3.62. The van der Waals surface area contributed by atoms with Gasteiger partial charge in [-0.05, 0) is 36.6 Å². The van der Waals surface area contributed by atoms with E-state index in [2.05, 4.69) is 0 Å². The van der Waals surface area contributed by atoms with E-state index >= 15 is 0 Å². The van der Waals surface area contributed by atoms with E-state index in [4.69, 9.17) is 5.73 Å². The zero-order chi connectivity index (χ0) is 13.5. The fraction of sp³-hybridized carbons (Fsp3) is 0.250. The molecule has 0 amide bonds. The maximum Gasteiger partial charge on any atom is 0.131 e. The minimum atomic E-state index is -0.406. The number of nitrogens with two attached hydrogens (primary N) is 1. The molecule has 1 fully saturated rings. The lowest BCUT2D eigenvalue weighted by atomic mass is 9.92. The fourth-order valence-corrected chi connectivity index (χ4v) is 2.50. The Bertz CT molecular complexity index is 618. The highest BCUT2D eigenvalue weighted by Gasteiger charge is 2.43. The third kappa shape index (κ3) is 2.04. The second-order valence-corrected chi connectivity index (χ2v) is 5.16. The minimum Gasteiger partial charge on any atom is -0.330 e. The van der Waals surface area contributed by atoms with Gasteiger partial charge in [-0.15, -0.1) is 0 Å². The van der Waals surface area contributed by atoms with Crippen LogP contribution in [-0.4, -0.2) is 6.54 Å². The van der Waals surface area contributed by atoms with Gasteiger partial charge in [0.05, 0.1) is 0 Å². The van der Waals surface area contributed by atoms with E-state index in [0.29, 0.717) is 17.7 Å². The van der Waals surface area contributed by atoms with E-state index in [1.807, 2.05) is 0 Å². The highest BCUT2D eigenvalue weighted by molar-refractivity contribution is 5.66. The molecule has 19 heavy (non-hydrogen) atoms. The summed E-state index contributed by atoms with van der Waals surface area (Å²) in [5.41, 5.74) is 7.39. The van der Waals surface area contributed by atoms with Gasteiger partial charge in [-0.3, -0.25) is 0 Å². The first-order valence-electron chi connectivity index (χ1n) is 6.41. The first-order chi connectivity index (χ1) is 9.16. The van der Waals surface area contributed by atoms with Crippen LogP contribution in [-0.2, 0) is 5.41 Å². The van der Waals surface area contributed by atoms with Gasteiger partial charge >= 0.3 is 0 Å². The van der Waals surface area contributed by atoms with Crippen molar-refractivity contribution >= 4 is 0 Å². The Kier molecular flexibility index (Phi) is 2.86. The quantitative estimate of drug-likeness (QED) is 0.895. The van der Waals surface area contributed by atoms with E-state index in [-0.39, 0.29) is 5.41 Å². The lowest BCUT2D eigenvalue weighted by Crippen LogP contribution is -2.19. The zero-order valence-electron chi connectivity index (χ0n) is 10.5. The first-order valence-corrected chi connectivity index (χ1v) is 6.41. The molecule has 98 valence electrons. The first kappa shape index (κ1) is 12.3. The highest BCUT2D eigenvalue weighted by Crippen LogP contribution is 2.48. The van der Waals surface area contributed by atoms with Crippen molar-refractivity contribution in [2.75, 3.05) is 6.54 Å². The number of hydrogen-bond acceptors (Lipinski definition) is 1. The second-order valence-electron chi connectivity index (χ2n) is 5.16. The van der Waals surface area contributed by atoms with E-state index in [1.165, 1.54) is 12.1 Å². The highest BCUT2D eigenvalue weighted by atomic mass is 19.1. The number of benzene rings is 2. The molecule has 3 rings (SSSR count). The monoisotopic (exact) mass is 259 g/mol. The lowest BCUT2D eigenvalue weighted by molar-refractivity contribution is 0.614. The van der Waals surface area contributed by atoms with E-state index in [0.717, 1.165) is 18.4 Å². The number of hydrogen-bond donors (Lipinski definition) is 1. The summed E-state index contributed by atoms with van der Waals surface area (Å²) in [5, 5.41) is 0. The molecule has 1 aliphatic rings. The van der Waals surface area contributed by atoms with Crippen LogP contribution >= 0.6 is 0 Å². The van der Waals surface area contributed by atoms with Gasteiger partial charge in [-0.1, -0.05) is 24.3 Å². The van der Waals surface area contributed by atoms with Gasteiger partial charge in [0.2, 0.25) is 0 Å². The van der Waals surface area contributed by atoms with Crippen LogP contribution in [0.2, 0.25) is 0 Å². The van der Waals surface area contributed by atoms with Gasteiger partial charge in [0, 0.05) is 23.1 Å². The third-order valence-corrected chi connectivity index (χ3v) is 3.99. The maximum atomic E-state index is 13.9. The molecule has 0 heterocycles. The minimum absolute atomic E-state index is 0.0201. The Morgan fingerprint density at radius 3 is 2.26 bits per heavy atom. The summed E-state index contributed by atoms with van der Waals surface area (Å²) in [7, 11) is 0. The van der Waals surface area contributed by atoms with Crippen molar-refractivity contribution in [2.45, 2.75) is 18.3 Å². The molecular weight excluding hydrogens is 244 g/mol. The molecule has 0 unspecified atom stereocenters. The van der Waals surface area contributed by atoms with Gasteiger partial charge in [0.1, 0.15) is 11.6 Å². The number of rotatable bonds is 3. The van der Waals surface area contributed by atoms with Crippen molar-refractivity contribution in [1.29, 1.82) is 0 Å². The summed E-state index contributed by atoms with van der Waals surface area (Å²) >= 11 is 0. The van der Waals surface area contributed by atoms with Crippen molar-refractivity contribution in [3.05, 3.63) is 59.7 Å². The lowest BCUT2D eigenvalue weighted by Gasteiger charge is -2.15. The molecular formula is C16H15F2N. The summed E-state index contributed by atoms with van der Waals surface area (Å²) in [5.74, 6) is -0.808. The molecule has 1 nitrogen and oxygen atoms in total. The van der Waals surface area contributed by atoms with Crippen molar-refractivity contribution in [2.24, 2.45) is 5.73 Å². The molecule has 0 aromatic heterocycles. The van der Waals surface area contributed by atoms with Crippen LogP contribution in [0.15, 0.2) is 42.5 Å². The van der Waals surface area contributed by atoms with Gasteiger partial charge in [-0.2, -0.15) is 0 Å². The normalized spacial score (nSPS) is 16.4. The standard InChI is InChI=1S/C16H15F2N/c17-14-4-2-1-3-12(14)13-9-11(5-6-15(13)18)16(10-19)7-8-16/h1-6,9H,7-8,10,19H2. The van der Waals surface area contributed by atoms with Crippen molar-refractivity contribution in [1.82, 2.24) is 0 Å². The van der Waals surface area contributed by atoms with Gasteiger partial charge in [0.25, 0.3) is 0 Å². The van der Waals surface area contributed by atoms with Gasteiger partial charge in [-0.25, -0.2) is 8.78 Å². The average Bonchev–Trinajstić information content (AvgIpc) is 3.21. The van der Waals surface area contributed by atoms with Crippen molar-refractivity contribution in [3.8, 4) is 11.1 Å². The Morgan fingerprint density at radius 2 is 1.63 bits per heavy atom. The molecule has 2 aromatic carbocycles. The van der Waals surface area contributed by atoms with Crippen LogP contribution in [0.3, 0.4) is 0 Å². The molecule has 0 spiro atoms. The summed E-state index contributed by atoms with van der Waals surface area (Å²) in [6.45, 7) is 0.551. The molecule has 1 saturated carbocycles. The molecule has 0 atom stereocenters. The van der Waals surface area contributed by atoms with Gasteiger partial charge < -0.3 is 5.73 Å². The van der Waals surface area contributed by atoms with Crippen molar-refractivity contribution < 1.29 is 8.78 Å². The molecule has 0 bridgehead atoms.